The molecule has 0 aliphatic heterocycles. The Bertz CT molecular complexity index is 305. The molecule has 5 nitrogen and oxygen atoms in total. The molecule has 0 heterocycles. The van der Waals surface area contributed by atoms with Gasteiger partial charge in [0, 0.05) is 20.1 Å². The van der Waals surface area contributed by atoms with Crippen molar-refractivity contribution in [3.05, 3.63) is 0 Å². The van der Waals surface area contributed by atoms with Crippen LogP contribution in [0.2, 0.25) is 0 Å². The lowest BCUT2D eigenvalue weighted by Crippen LogP contribution is -2.39. The van der Waals surface area contributed by atoms with Gasteiger partial charge >= 0.3 is 0 Å². The van der Waals surface area contributed by atoms with Crippen LogP contribution in [0.3, 0.4) is 0 Å². The van der Waals surface area contributed by atoms with Gasteiger partial charge in [-0.05, 0) is 44.7 Å². The Labute approximate surface area is 119 Å². The fourth-order valence-corrected chi connectivity index (χ4v) is 2.66. The number of hydrogen-bond donors (Lipinski definition) is 2. The van der Waals surface area contributed by atoms with Crippen LogP contribution in [-0.2, 0) is 10.2 Å². The van der Waals surface area contributed by atoms with E-state index in [4.69, 9.17) is 0 Å². The first-order valence-corrected chi connectivity index (χ1v) is 8.75. The molecule has 0 rings (SSSR count). The third-order valence-electron chi connectivity index (χ3n) is 2.91. The minimum Gasteiger partial charge on any atom is -0.317 e. The summed E-state index contributed by atoms with van der Waals surface area (Å²) in [6.45, 7) is 9.33. The van der Waals surface area contributed by atoms with E-state index in [1.54, 1.807) is 7.05 Å². The highest BCUT2D eigenvalue weighted by Crippen LogP contribution is 2.03. The monoisotopic (exact) mass is 293 g/mol. The molecule has 0 aromatic carbocycles. The maximum atomic E-state index is 11.9. The summed E-state index contributed by atoms with van der Waals surface area (Å²) in [5.41, 5.74) is 0. The van der Waals surface area contributed by atoms with Gasteiger partial charge in [-0.3, -0.25) is 0 Å². The van der Waals surface area contributed by atoms with Crippen molar-refractivity contribution in [3.8, 4) is 0 Å². The Morgan fingerprint density at radius 2 is 1.79 bits per heavy atom. The van der Waals surface area contributed by atoms with E-state index in [0.29, 0.717) is 19.0 Å². The molecule has 0 spiro atoms. The SMILES string of the molecule is CCCNCCCN(C)S(=O)(=O)NCCCC(C)C. The molecule has 0 aromatic heterocycles. The second-order valence-corrected chi connectivity index (χ2v) is 7.22. The van der Waals surface area contributed by atoms with E-state index < -0.39 is 10.2 Å². The van der Waals surface area contributed by atoms with Gasteiger partial charge in [0.2, 0.25) is 0 Å². The van der Waals surface area contributed by atoms with Crippen molar-refractivity contribution in [1.82, 2.24) is 14.3 Å². The largest absolute Gasteiger partial charge is 0.317 e. The molecule has 2 N–H and O–H groups in total. The summed E-state index contributed by atoms with van der Waals surface area (Å²) >= 11 is 0. The van der Waals surface area contributed by atoms with Crippen LogP contribution in [0.15, 0.2) is 0 Å². The van der Waals surface area contributed by atoms with Gasteiger partial charge in [-0.25, -0.2) is 4.72 Å². The second-order valence-electron chi connectivity index (χ2n) is 5.36. The van der Waals surface area contributed by atoms with Crippen LogP contribution in [0.1, 0.15) is 46.5 Å². The van der Waals surface area contributed by atoms with Crippen molar-refractivity contribution in [2.45, 2.75) is 46.5 Å². The molecule has 0 amide bonds. The first-order chi connectivity index (χ1) is 8.90. The van der Waals surface area contributed by atoms with Gasteiger partial charge in [-0.15, -0.1) is 0 Å². The van der Waals surface area contributed by atoms with Crippen LogP contribution < -0.4 is 10.0 Å². The Kier molecular flexibility index (Phi) is 10.5. The summed E-state index contributed by atoms with van der Waals surface area (Å²) in [4.78, 5) is 0. The number of nitrogens with zero attached hydrogens (tertiary/aromatic N) is 1. The molecule has 116 valence electrons. The summed E-state index contributed by atoms with van der Waals surface area (Å²) in [6.07, 6.45) is 3.88. The summed E-state index contributed by atoms with van der Waals surface area (Å²) in [6, 6.07) is 0. The van der Waals surface area contributed by atoms with Gasteiger partial charge < -0.3 is 5.32 Å². The first kappa shape index (κ1) is 18.8. The average molecular weight is 293 g/mol. The fourth-order valence-electron chi connectivity index (χ4n) is 1.67. The van der Waals surface area contributed by atoms with Gasteiger partial charge in [-0.2, -0.15) is 12.7 Å². The Hall–Kier alpha value is -0.170. The van der Waals surface area contributed by atoms with Crippen LogP contribution in [0, 0.1) is 5.92 Å². The molecule has 0 radical (unpaired) electrons. The van der Waals surface area contributed by atoms with E-state index in [1.165, 1.54) is 4.31 Å². The number of hydrogen-bond acceptors (Lipinski definition) is 3. The van der Waals surface area contributed by atoms with Crippen LogP contribution in [0.4, 0.5) is 0 Å². The van der Waals surface area contributed by atoms with Gasteiger partial charge in [-0.1, -0.05) is 20.8 Å². The molecule has 0 unspecified atom stereocenters. The third kappa shape index (κ3) is 10.3. The van der Waals surface area contributed by atoms with E-state index in [9.17, 15) is 8.42 Å². The number of nitrogens with one attached hydrogen (secondary N) is 2. The van der Waals surface area contributed by atoms with Crippen LogP contribution in [0.5, 0.6) is 0 Å². The predicted molar refractivity (Wildman–Crippen MR) is 81.4 cm³/mol. The topological polar surface area (TPSA) is 61.4 Å². The highest BCUT2D eigenvalue weighted by Gasteiger charge is 2.15. The molecule has 0 saturated carbocycles. The first-order valence-electron chi connectivity index (χ1n) is 7.31. The molecule has 0 aliphatic carbocycles. The summed E-state index contributed by atoms with van der Waals surface area (Å²) in [5.74, 6) is 0.617. The normalized spacial score (nSPS) is 12.5. The van der Waals surface area contributed by atoms with E-state index in [1.807, 2.05) is 0 Å². The molecule has 0 aromatic rings. The minimum atomic E-state index is -3.30. The van der Waals surface area contributed by atoms with Crippen molar-refractivity contribution in [2.24, 2.45) is 5.92 Å². The maximum Gasteiger partial charge on any atom is 0.279 e. The Morgan fingerprint density at radius 1 is 1.11 bits per heavy atom. The molecule has 0 aliphatic rings. The Balaban J connectivity index is 3.78. The number of rotatable bonds is 12. The predicted octanol–water partition coefficient (Wildman–Crippen LogP) is 1.58. The molecule has 6 heteroatoms. The van der Waals surface area contributed by atoms with E-state index >= 15 is 0 Å². The zero-order valence-electron chi connectivity index (χ0n) is 12.9. The van der Waals surface area contributed by atoms with Crippen molar-refractivity contribution in [2.75, 3.05) is 33.2 Å². The lowest BCUT2D eigenvalue weighted by Gasteiger charge is -2.18. The van der Waals surface area contributed by atoms with Crippen molar-refractivity contribution in [3.63, 3.8) is 0 Å². The maximum absolute atomic E-state index is 11.9. The molecule has 0 bridgehead atoms. The van der Waals surface area contributed by atoms with Crippen molar-refractivity contribution in [1.29, 1.82) is 0 Å². The van der Waals surface area contributed by atoms with Gasteiger partial charge in [0.1, 0.15) is 0 Å². The smallest absolute Gasteiger partial charge is 0.279 e. The quantitative estimate of drug-likeness (QED) is 0.537. The highest BCUT2D eigenvalue weighted by molar-refractivity contribution is 7.87. The lowest BCUT2D eigenvalue weighted by atomic mass is 10.1. The minimum absolute atomic E-state index is 0.527. The van der Waals surface area contributed by atoms with Gasteiger partial charge in [0.25, 0.3) is 10.2 Å². The van der Waals surface area contributed by atoms with E-state index in [2.05, 4.69) is 30.8 Å². The standard InChI is InChI=1S/C13H31N3O2S/c1-5-9-14-10-7-12-16(4)19(17,18)15-11-6-8-13(2)3/h13-15H,5-12H2,1-4H3. The second kappa shape index (κ2) is 10.6. The molecular weight excluding hydrogens is 262 g/mol. The zero-order chi connectivity index (χ0) is 14.7. The van der Waals surface area contributed by atoms with Crippen molar-refractivity contribution >= 4 is 10.2 Å². The Morgan fingerprint density at radius 3 is 2.37 bits per heavy atom. The van der Waals surface area contributed by atoms with Gasteiger partial charge in [0.15, 0.2) is 0 Å². The molecule has 19 heavy (non-hydrogen) atoms. The summed E-state index contributed by atoms with van der Waals surface area (Å²) in [7, 11) is -1.67. The van der Waals surface area contributed by atoms with E-state index in [0.717, 1.165) is 38.8 Å². The van der Waals surface area contributed by atoms with Crippen molar-refractivity contribution < 1.29 is 8.42 Å². The fraction of sp³-hybridized carbons (Fsp3) is 1.00. The average Bonchev–Trinajstić information content (AvgIpc) is 2.34. The summed E-state index contributed by atoms with van der Waals surface area (Å²) in [5, 5.41) is 3.26. The molecular formula is C13H31N3O2S. The summed E-state index contributed by atoms with van der Waals surface area (Å²) < 4.78 is 27.8. The zero-order valence-corrected chi connectivity index (χ0v) is 13.7. The van der Waals surface area contributed by atoms with Crippen LogP contribution in [-0.4, -0.2) is 45.9 Å². The van der Waals surface area contributed by atoms with E-state index in [-0.39, 0.29) is 0 Å². The molecule has 0 saturated heterocycles. The highest BCUT2D eigenvalue weighted by atomic mass is 32.2. The molecule has 0 fully saturated rings. The van der Waals surface area contributed by atoms with Crippen LogP contribution >= 0.6 is 0 Å². The molecule has 0 atom stereocenters. The third-order valence-corrected chi connectivity index (χ3v) is 4.48. The van der Waals surface area contributed by atoms with Gasteiger partial charge in [0.05, 0.1) is 0 Å². The lowest BCUT2D eigenvalue weighted by molar-refractivity contribution is 0.441. The van der Waals surface area contributed by atoms with Crippen LogP contribution in [0.25, 0.3) is 0 Å².